The predicted octanol–water partition coefficient (Wildman–Crippen LogP) is 2.46. The lowest BCUT2D eigenvalue weighted by Gasteiger charge is -2.27. The maximum Gasteiger partial charge on any atom is 0.244 e. The molecule has 2 aliphatic heterocycles. The SMILES string of the molecule is CCC1(C)NC(c2ccccc2)N(CC2CCCO2)C1=O. The average molecular weight is 288 g/mol. The predicted molar refractivity (Wildman–Crippen MR) is 81.7 cm³/mol. The molecule has 3 rings (SSSR count). The summed E-state index contributed by atoms with van der Waals surface area (Å²) in [4.78, 5) is 14.8. The highest BCUT2D eigenvalue weighted by Crippen LogP contribution is 2.33. The second-order valence-corrected chi connectivity index (χ2v) is 6.24. The first kappa shape index (κ1) is 14.5. The van der Waals surface area contributed by atoms with Crippen LogP contribution in [0.15, 0.2) is 30.3 Å². The summed E-state index contributed by atoms with van der Waals surface area (Å²) in [5.74, 6) is 0.189. The second kappa shape index (κ2) is 5.78. The monoisotopic (exact) mass is 288 g/mol. The van der Waals surface area contributed by atoms with Gasteiger partial charge >= 0.3 is 0 Å². The zero-order valence-electron chi connectivity index (χ0n) is 12.8. The first-order valence-electron chi connectivity index (χ1n) is 7.89. The zero-order chi connectivity index (χ0) is 14.9. The highest BCUT2D eigenvalue weighted by Gasteiger charge is 2.47. The quantitative estimate of drug-likeness (QED) is 0.925. The van der Waals surface area contributed by atoms with Crippen molar-refractivity contribution in [2.75, 3.05) is 13.2 Å². The van der Waals surface area contributed by atoms with Gasteiger partial charge in [-0.2, -0.15) is 0 Å². The van der Waals surface area contributed by atoms with Crippen LogP contribution < -0.4 is 5.32 Å². The molecule has 4 nitrogen and oxygen atoms in total. The molecule has 0 bridgehead atoms. The van der Waals surface area contributed by atoms with Crippen molar-refractivity contribution < 1.29 is 9.53 Å². The van der Waals surface area contributed by atoms with Gasteiger partial charge in [0.05, 0.1) is 11.6 Å². The van der Waals surface area contributed by atoms with Crippen molar-refractivity contribution in [2.45, 2.75) is 50.9 Å². The number of amides is 1. The van der Waals surface area contributed by atoms with Gasteiger partial charge in [-0.3, -0.25) is 10.1 Å². The summed E-state index contributed by atoms with van der Waals surface area (Å²) in [6.45, 7) is 5.56. The third-order valence-electron chi connectivity index (χ3n) is 4.75. The minimum Gasteiger partial charge on any atom is -0.376 e. The van der Waals surface area contributed by atoms with E-state index in [1.807, 2.05) is 30.0 Å². The molecule has 0 saturated carbocycles. The van der Waals surface area contributed by atoms with Gasteiger partial charge in [0.15, 0.2) is 0 Å². The number of hydrogen-bond acceptors (Lipinski definition) is 3. The lowest BCUT2D eigenvalue weighted by molar-refractivity contribution is -0.134. The van der Waals surface area contributed by atoms with Crippen molar-refractivity contribution in [1.82, 2.24) is 10.2 Å². The first-order valence-corrected chi connectivity index (χ1v) is 7.89. The van der Waals surface area contributed by atoms with E-state index < -0.39 is 5.54 Å². The van der Waals surface area contributed by atoms with Crippen LogP contribution in [0.5, 0.6) is 0 Å². The minimum atomic E-state index is -0.473. The number of nitrogens with one attached hydrogen (secondary N) is 1. The summed E-state index contributed by atoms with van der Waals surface area (Å²) < 4.78 is 5.73. The Kier molecular flexibility index (Phi) is 4.00. The molecule has 2 heterocycles. The zero-order valence-corrected chi connectivity index (χ0v) is 12.8. The van der Waals surface area contributed by atoms with Crippen molar-refractivity contribution in [1.29, 1.82) is 0 Å². The lowest BCUT2D eigenvalue weighted by Crippen LogP contribution is -2.43. The largest absolute Gasteiger partial charge is 0.376 e. The van der Waals surface area contributed by atoms with Crippen LogP contribution in [0.3, 0.4) is 0 Å². The number of nitrogens with zero attached hydrogens (tertiary/aromatic N) is 1. The van der Waals surface area contributed by atoms with Gasteiger partial charge < -0.3 is 9.64 Å². The molecule has 4 heteroatoms. The Balaban J connectivity index is 1.86. The minimum absolute atomic E-state index is 0.0483. The molecular weight excluding hydrogens is 264 g/mol. The van der Waals surface area contributed by atoms with Crippen molar-refractivity contribution in [2.24, 2.45) is 0 Å². The van der Waals surface area contributed by atoms with Crippen molar-refractivity contribution in [3.63, 3.8) is 0 Å². The number of carbonyl (C=O) groups excluding carboxylic acids is 1. The van der Waals surface area contributed by atoms with Gasteiger partial charge in [0.25, 0.3) is 0 Å². The maximum atomic E-state index is 12.8. The molecule has 114 valence electrons. The molecule has 0 spiro atoms. The van der Waals surface area contributed by atoms with Gasteiger partial charge in [-0.1, -0.05) is 37.3 Å². The molecule has 3 unspecified atom stereocenters. The van der Waals surface area contributed by atoms with Crippen LogP contribution in [0.1, 0.15) is 44.8 Å². The molecule has 2 aliphatic rings. The topological polar surface area (TPSA) is 41.6 Å². The Morgan fingerprint density at radius 2 is 2.14 bits per heavy atom. The van der Waals surface area contributed by atoms with Gasteiger partial charge in [0, 0.05) is 13.2 Å². The summed E-state index contributed by atoms with van der Waals surface area (Å²) >= 11 is 0. The Morgan fingerprint density at radius 1 is 1.38 bits per heavy atom. The van der Waals surface area contributed by atoms with Crippen LogP contribution in [0.25, 0.3) is 0 Å². The molecule has 2 saturated heterocycles. The van der Waals surface area contributed by atoms with Gasteiger partial charge in [0.1, 0.15) is 6.17 Å². The molecule has 21 heavy (non-hydrogen) atoms. The van der Waals surface area contributed by atoms with E-state index in [2.05, 4.69) is 24.4 Å². The van der Waals surface area contributed by atoms with E-state index in [1.54, 1.807) is 0 Å². The normalized spacial score (nSPS) is 32.9. The molecule has 0 aliphatic carbocycles. The van der Waals surface area contributed by atoms with Crippen molar-refractivity contribution in [3.8, 4) is 0 Å². The van der Waals surface area contributed by atoms with Gasteiger partial charge in [-0.15, -0.1) is 0 Å². The summed E-state index contributed by atoms with van der Waals surface area (Å²) in [6.07, 6.45) is 3.07. The van der Waals surface area contributed by atoms with E-state index in [4.69, 9.17) is 4.74 Å². The lowest BCUT2D eigenvalue weighted by atomic mass is 9.99. The molecule has 0 aromatic heterocycles. The van der Waals surface area contributed by atoms with E-state index in [-0.39, 0.29) is 18.2 Å². The van der Waals surface area contributed by atoms with Crippen LogP contribution >= 0.6 is 0 Å². The fraction of sp³-hybridized carbons (Fsp3) is 0.588. The summed E-state index contributed by atoms with van der Waals surface area (Å²) in [5, 5.41) is 3.53. The Bertz CT molecular complexity index is 499. The number of ether oxygens (including phenoxy) is 1. The standard InChI is InChI=1S/C17H24N2O2/c1-3-17(2)16(20)19(12-14-10-7-11-21-14)15(18-17)13-8-5-4-6-9-13/h4-6,8-9,14-15,18H,3,7,10-12H2,1-2H3. The molecule has 2 fully saturated rings. The average Bonchev–Trinajstić information content (AvgIpc) is 3.11. The van der Waals surface area contributed by atoms with Crippen LogP contribution in [0.4, 0.5) is 0 Å². The van der Waals surface area contributed by atoms with Gasteiger partial charge in [-0.25, -0.2) is 0 Å². The summed E-state index contributed by atoms with van der Waals surface area (Å²) in [6, 6.07) is 10.2. The van der Waals surface area contributed by atoms with E-state index in [0.717, 1.165) is 31.4 Å². The molecule has 1 aromatic carbocycles. The smallest absolute Gasteiger partial charge is 0.244 e. The number of carbonyl (C=O) groups is 1. The molecule has 3 atom stereocenters. The molecule has 1 amide bonds. The van der Waals surface area contributed by atoms with E-state index in [9.17, 15) is 4.79 Å². The van der Waals surface area contributed by atoms with E-state index in [1.165, 1.54) is 0 Å². The van der Waals surface area contributed by atoms with E-state index in [0.29, 0.717) is 6.54 Å². The molecule has 0 radical (unpaired) electrons. The Morgan fingerprint density at radius 3 is 2.76 bits per heavy atom. The number of hydrogen-bond donors (Lipinski definition) is 1. The number of benzene rings is 1. The highest BCUT2D eigenvalue weighted by molar-refractivity contribution is 5.88. The van der Waals surface area contributed by atoms with Gasteiger partial charge in [0.2, 0.25) is 5.91 Å². The van der Waals surface area contributed by atoms with Crippen LogP contribution in [0, 0.1) is 0 Å². The van der Waals surface area contributed by atoms with Crippen molar-refractivity contribution >= 4 is 5.91 Å². The third-order valence-corrected chi connectivity index (χ3v) is 4.75. The molecule has 1 aromatic rings. The van der Waals surface area contributed by atoms with Crippen molar-refractivity contribution in [3.05, 3.63) is 35.9 Å². The second-order valence-electron chi connectivity index (χ2n) is 6.24. The Labute approximate surface area is 126 Å². The third kappa shape index (κ3) is 2.70. The first-order chi connectivity index (χ1) is 10.1. The summed E-state index contributed by atoms with van der Waals surface area (Å²) in [7, 11) is 0. The van der Waals surface area contributed by atoms with Crippen LogP contribution in [0.2, 0.25) is 0 Å². The molecule has 1 N–H and O–H groups in total. The fourth-order valence-electron chi connectivity index (χ4n) is 3.22. The van der Waals surface area contributed by atoms with E-state index >= 15 is 0 Å². The maximum absolute atomic E-state index is 12.8. The number of rotatable bonds is 4. The van der Waals surface area contributed by atoms with Gasteiger partial charge in [-0.05, 0) is 31.7 Å². The van der Waals surface area contributed by atoms with Crippen LogP contribution in [-0.4, -0.2) is 35.6 Å². The van der Waals surface area contributed by atoms with Crippen LogP contribution in [-0.2, 0) is 9.53 Å². The Hall–Kier alpha value is -1.39. The summed E-state index contributed by atoms with van der Waals surface area (Å²) in [5.41, 5.74) is 0.667. The molecular formula is C17H24N2O2. The fourth-order valence-corrected chi connectivity index (χ4v) is 3.22. The highest BCUT2D eigenvalue weighted by atomic mass is 16.5.